The van der Waals surface area contributed by atoms with Crippen molar-refractivity contribution >= 4 is 17.7 Å². The van der Waals surface area contributed by atoms with Crippen LogP contribution in [-0.4, -0.2) is 46.4 Å². The third-order valence-corrected chi connectivity index (χ3v) is 7.55. The van der Waals surface area contributed by atoms with Crippen molar-refractivity contribution in [1.82, 2.24) is 14.8 Å². The summed E-state index contributed by atoms with van der Waals surface area (Å²) < 4.78 is 14.0. The average molecular weight is 486 g/mol. The lowest BCUT2D eigenvalue weighted by molar-refractivity contribution is -0.131. The van der Waals surface area contributed by atoms with Gasteiger partial charge in [0.15, 0.2) is 23.4 Å². The number of ketones is 1. The number of urea groups is 1. The zero-order valence-electron chi connectivity index (χ0n) is 20.2. The van der Waals surface area contributed by atoms with Gasteiger partial charge in [-0.3, -0.25) is 14.5 Å². The van der Waals surface area contributed by atoms with Gasteiger partial charge in [-0.2, -0.15) is 0 Å². The molecule has 1 spiro atoms. The molecule has 2 aliphatic heterocycles. The molecule has 0 saturated carbocycles. The maximum atomic E-state index is 13.4. The SMILES string of the molecule is Cc1cc(C(=O)CN2C(=O)NC3(CCc4ccccc43)C2=O)c(C)n1CC1COc2ccccc2O1. The fourth-order valence-corrected chi connectivity index (χ4v) is 5.68. The second kappa shape index (κ2) is 8.26. The molecule has 2 atom stereocenters. The van der Waals surface area contributed by atoms with Crippen molar-refractivity contribution in [3.8, 4) is 11.5 Å². The van der Waals surface area contributed by atoms with Gasteiger partial charge in [-0.15, -0.1) is 0 Å². The number of fused-ring (bicyclic) bond motifs is 3. The van der Waals surface area contributed by atoms with Crippen LogP contribution >= 0.6 is 0 Å². The Morgan fingerprint density at radius 3 is 2.67 bits per heavy atom. The molecule has 184 valence electrons. The number of aryl methyl sites for hydroxylation is 2. The number of rotatable bonds is 5. The first-order chi connectivity index (χ1) is 17.4. The minimum Gasteiger partial charge on any atom is -0.486 e. The highest BCUT2D eigenvalue weighted by Crippen LogP contribution is 2.41. The number of imide groups is 1. The minimum atomic E-state index is -1.07. The van der Waals surface area contributed by atoms with Crippen LogP contribution in [0.3, 0.4) is 0 Å². The number of benzene rings is 2. The summed E-state index contributed by atoms with van der Waals surface area (Å²) >= 11 is 0. The van der Waals surface area contributed by atoms with Gasteiger partial charge in [0.25, 0.3) is 5.91 Å². The van der Waals surface area contributed by atoms with Gasteiger partial charge in [0.1, 0.15) is 12.1 Å². The highest BCUT2D eigenvalue weighted by Gasteiger charge is 2.55. The Labute approximate surface area is 208 Å². The van der Waals surface area contributed by atoms with E-state index in [-0.39, 0.29) is 24.3 Å². The second-order valence-corrected chi connectivity index (χ2v) is 9.70. The minimum absolute atomic E-state index is 0.208. The van der Waals surface area contributed by atoms with E-state index in [1.807, 2.05) is 73.0 Å². The van der Waals surface area contributed by atoms with Crippen LogP contribution in [0.25, 0.3) is 0 Å². The van der Waals surface area contributed by atoms with Crippen molar-refractivity contribution < 1.29 is 23.9 Å². The summed E-state index contributed by atoms with van der Waals surface area (Å²) in [5.41, 5.74) is 2.98. The summed E-state index contributed by atoms with van der Waals surface area (Å²) in [6, 6.07) is 16.5. The number of carbonyl (C=O) groups excluding carboxylic acids is 3. The molecule has 3 aromatic rings. The molecule has 1 N–H and O–H groups in total. The van der Waals surface area contributed by atoms with Crippen LogP contribution < -0.4 is 14.8 Å². The molecular weight excluding hydrogens is 458 g/mol. The monoisotopic (exact) mass is 485 g/mol. The molecule has 0 bridgehead atoms. The first kappa shape index (κ1) is 22.4. The molecule has 1 aliphatic carbocycles. The van der Waals surface area contributed by atoms with Crippen molar-refractivity contribution in [2.75, 3.05) is 13.2 Å². The zero-order chi connectivity index (χ0) is 25.0. The summed E-state index contributed by atoms with van der Waals surface area (Å²) in [7, 11) is 0. The van der Waals surface area contributed by atoms with Crippen molar-refractivity contribution in [3.63, 3.8) is 0 Å². The molecule has 8 heteroatoms. The van der Waals surface area contributed by atoms with Gasteiger partial charge in [-0.25, -0.2) is 4.79 Å². The number of Topliss-reactive ketones (excluding diaryl/α,β-unsaturated/α-hetero) is 1. The van der Waals surface area contributed by atoms with E-state index in [2.05, 4.69) is 5.32 Å². The van der Waals surface area contributed by atoms with Crippen LogP contribution in [0.15, 0.2) is 54.6 Å². The molecule has 8 nitrogen and oxygen atoms in total. The van der Waals surface area contributed by atoms with E-state index >= 15 is 0 Å². The molecule has 1 aromatic heterocycles. The summed E-state index contributed by atoms with van der Waals surface area (Å²) in [6.45, 7) is 4.43. The third kappa shape index (κ3) is 3.39. The van der Waals surface area contributed by atoms with Gasteiger partial charge in [0.2, 0.25) is 0 Å². The first-order valence-corrected chi connectivity index (χ1v) is 12.2. The number of hydrogen-bond acceptors (Lipinski definition) is 5. The van der Waals surface area contributed by atoms with Crippen molar-refractivity contribution in [3.05, 3.63) is 82.7 Å². The molecule has 1 saturated heterocycles. The molecule has 6 rings (SSSR count). The predicted molar refractivity (Wildman–Crippen MR) is 131 cm³/mol. The Balaban J connectivity index is 1.19. The summed E-state index contributed by atoms with van der Waals surface area (Å²) in [4.78, 5) is 40.7. The van der Waals surface area contributed by atoms with Crippen LogP contribution in [-0.2, 0) is 23.3 Å². The second-order valence-electron chi connectivity index (χ2n) is 9.70. The standard InChI is InChI=1S/C28H27N3O5/c1-17-13-21(18(2)30(17)14-20-16-35-24-9-5-6-10-25(24)36-20)23(32)15-31-26(33)28(29-27(31)34)12-11-19-7-3-4-8-22(19)28/h3-10,13,20H,11-12,14-16H2,1-2H3,(H,29,34). The number of para-hydroxylation sites is 2. The Hall–Kier alpha value is -4.07. The molecule has 3 amide bonds. The smallest absolute Gasteiger partial charge is 0.325 e. The summed E-state index contributed by atoms with van der Waals surface area (Å²) in [6.07, 6.45) is 1.01. The van der Waals surface area contributed by atoms with E-state index in [9.17, 15) is 14.4 Å². The van der Waals surface area contributed by atoms with Gasteiger partial charge in [-0.1, -0.05) is 36.4 Å². The molecular formula is C28H27N3O5. The molecule has 2 unspecified atom stereocenters. The molecule has 36 heavy (non-hydrogen) atoms. The van der Waals surface area contributed by atoms with Crippen molar-refractivity contribution in [1.29, 1.82) is 0 Å². The fraction of sp³-hybridized carbons (Fsp3) is 0.321. The normalized spacial score (nSPS) is 22.2. The lowest BCUT2D eigenvalue weighted by Crippen LogP contribution is -2.42. The average Bonchev–Trinajstić information content (AvgIpc) is 3.48. The first-order valence-electron chi connectivity index (χ1n) is 12.2. The third-order valence-electron chi connectivity index (χ3n) is 7.55. The van der Waals surface area contributed by atoms with Crippen LogP contribution in [0.5, 0.6) is 11.5 Å². The van der Waals surface area contributed by atoms with E-state index in [0.717, 1.165) is 33.2 Å². The van der Waals surface area contributed by atoms with Gasteiger partial charge in [0.05, 0.1) is 13.1 Å². The predicted octanol–water partition coefficient (Wildman–Crippen LogP) is 3.52. The summed E-state index contributed by atoms with van der Waals surface area (Å²) in [5.74, 6) is 0.800. The van der Waals surface area contributed by atoms with Gasteiger partial charge >= 0.3 is 6.03 Å². The van der Waals surface area contributed by atoms with E-state index in [0.29, 0.717) is 37.3 Å². The highest BCUT2D eigenvalue weighted by atomic mass is 16.6. The van der Waals surface area contributed by atoms with Gasteiger partial charge in [0, 0.05) is 17.0 Å². The van der Waals surface area contributed by atoms with E-state index in [4.69, 9.17) is 9.47 Å². The molecule has 3 heterocycles. The fourth-order valence-electron chi connectivity index (χ4n) is 5.68. The maximum Gasteiger partial charge on any atom is 0.325 e. The lowest BCUT2D eigenvalue weighted by Gasteiger charge is -2.27. The Morgan fingerprint density at radius 2 is 1.83 bits per heavy atom. The quantitative estimate of drug-likeness (QED) is 0.441. The van der Waals surface area contributed by atoms with E-state index in [1.165, 1.54) is 0 Å². The summed E-state index contributed by atoms with van der Waals surface area (Å²) in [5, 5.41) is 2.89. The van der Waals surface area contributed by atoms with Gasteiger partial charge in [-0.05, 0) is 56.0 Å². The number of aromatic nitrogens is 1. The molecule has 3 aliphatic rings. The largest absolute Gasteiger partial charge is 0.486 e. The van der Waals surface area contributed by atoms with Crippen LogP contribution in [0, 0.1) is 13.8 Å². The number of ether oxygens (including phenoxy) is 2. The Morgan fingerprint density at radius 1 is 1.08 bits per heavy atom. The van der Waals surface area contributed by atoms with Crippen LogP contribution in [0.1, 0.15) is 39.3 Å². The highest BCUT2D eigenvalue weighted by molar-refractivity contribution is 6.12. The number of hydrogen-bond donors (Lipinski definition) is 1. The molecule has 0 radical (unpaired) electrons. The number of carbonyl (C=O) groups is 3. The van der Waals surface area contributed by atoms with E-state index in [1.54, 1.807) is 0 Å². The Kier molecular flexibility index (Phi) is 5.14. The van der Waals surface area contributed by atoms with Crippen LogP contribution in [0.4, 0.5) is 4.79 Å². The Bertz CT molecular complexity index is 1410. The number of amides is 3. The van der Waals surface area contributed by atoms with Crippen LogP contribution in [0.2, 0.25) is 0 Å². The lowest BCUT2D eigenvalue weighted by atomic mass is 9.92. The zero-order valence-corrected chi connectivity index (χ0v) is 20.2. The number of nitrogens with one attached hydrogen (secondary N) is 1. The number of nitrogens with zero attached hydrogens (tertiary/aromatic N) is 2. The molecule has 2 aromatic carbocycles. The topological polar surface area (TPSA) is 89.9 Å². The van der Waals surface area contributed by atoms with E-state index < -0.39 is 11.6 Å². The van der Waals surface area contributed by atoms with Crippen molar-refractivity contribution in [2.45, 2.75) is 44.9 Å². The molecule has 1 fully saturated rings. The van der Waals surface area contributed by atoms with Gasteiger partial charge < -0.3 is 19.4 Å². The maximum absolute atomic E-state index is 13.4. The van der Waals surface area contributed by atoms with Crippen molar-refractivity contribution in [2.24, 2.45) is 0 Å².